The van der Waals surface area contributed by atoms with E-state index in [1.807, 2.05) is 38.2 Å². The van der Waals surface area contributed by atoms with Crippen LogP contribution in [0.5, 0.6) is 0 Å². The van der Waals surface area contributed by atoms with E-state index >= 15 is 0 Å². The van der Waals surface area contributed by atoms with E-state index in [-0.39, 0.29) is 0 Å². The molecule has 0 heterocycles. The summed E-state index contributed by atoms with van der Waals surface area (Å²) < 4.78 is 0. The molecule has 0 spiro atoms. The molecule has 1 aromatic rings. The molecule has 0 amide bonds. The summed E-state index contributed by atoms with van der Waals surface area (Å²) in [5, 5.41) is 11.7. The van der Waals surface area contributed by atoms with Crippen molar-refractivity contribution in [3.8, 4) is 6.07 Å². The molecule has 0 fully saturated rings. The lowest BCUT2D eigenvalue weighted by atomic mass is 10.1. The zero-order valence-electron chi connectivity index (χ0n) is 7.89. The first-order valence-corrected chi connectivity index (χ1v) is 4.07. The lowest BCUT2D eigenvalue weighted by Gasteiger charge is -2.06. The van der Waals surface area contributed by atoms with Crippen LogP contribution in [0.15, 0.2) is 24.8 Å². The number of hydrogen-bond acceptors (Lipinski definition) is 2. The number of aryl methyl sites for hydroxylation is 1. The van der Waals surface area contributed by atoms with Gasteiger partial charge in [0.05, 0.1) is 11.6 Å². The molecular formula is C11H12N2. The summed E-state index contributed by atoms with van der Waals surface area (Å²) in [5.74, 6) is 0. The summed E-state index contributed by atoms with van der Waals surface area (Å²) in [4.78, 5) is 0. The van der Waals surface area contributed by atoms with Gasteiger partial charge in [-0.3, -0.25) is 0 Å². The highest BCUT2D eigenvalue weighted by molar-refractivity contribution is 5.77. The van der Waals surface area contributed by atoms with E-state index < -0.39 is 0 Å². The molecule has 0 aliphatic rings. The fourth-order valence-corrected chi connectivity index (χ4v) is 1.14. The number of hydrogen-bond donors (Lipinski definition) is 1. The van der Waals surface area contributed by atoms with Crippen LogP contribution in [0.25, 0.3) is 5.57 Å². The highest BCUT2D eigenvalue weighted by Crippen LogP contribution is 2.20. The maximum absolute atomic E-state index is 8.65. The zero-order chi connectivity index (χ0) is 9.84. The van der Waals surface area contributed by atoms with Gasteiger partial charge in [-0.2, -0.15) is 5.26 Å². The summed E-state index contributed by atoms with van der Waals surface area (Å²) in [6.07, 6.45) is 0. The molecule has 0 radical (unpaired) electrons. The van der Waals surface area contributed by atoms with Gasteiger partial charge in [0.2, 0.25) is 0 Å². The van der Waals surface area contributed by atoms with Gasteiger partial charge in [0.25, 0.3) is 0 Å². The van der Waals surface area contributed by atoms with Gasteiger partial charge in [0.1, 0.15) is 0 Å². The fraction of sp³-hybridized carbons (Fsp3) is 0.182. The first-order chi connectivity index (χ1) is 6.19. The highest BCUT2D eigenvalue weighted by atomic mass is 14.8. The third-order valence-electron chi connectivity index (χ3n) is 1.99. The second kappa shape index (κ2) is 3.77. The quantitative estimate of drug-likeness (QED) is 0.696. The minimum absolute atomic E-state index is 0.497. The van der Waals surface area contributed by atoms with Crippen molar-refractivity contribution in [2.24, 2.45) is 0 Å². The van der Waals surface area contributed by atoms with Crippen LogP contribution in [0.3, 0.4) is 0 Å². The minimum atomic E-state index is 0.497. The predicted molar refractivity (Wildman–Crippen MR) is 55.4 cm³/mol. The van der Waals surface area contributed by atoms with E-state index in [4.69, 9.17) is 5.26 Å². The number of nitriles is 1. The largest absolute Gasteiger partial charge is 0.388 e. The van der Waals surface area contributed by atoms with Crippen LogP contribution in [-0.4, -0.2) is 7.05 Å². The van der Waals surface area contributed by atoms with Gasteiger partial charge in [0.15, 0.2) is 0 Å². The van der Waals surface area contributed by atoms with Crippen molar-refractivity contribution in [1.29, 1.82) is 5.26 Å². The Morgan fingerprint density at radius 3 is 2.77 bits per heavy atom. The minimum Gasteiger partial charge on any atom is -0.388 e. The molecule has 66 valence electrons. The smallest absolute Gasteiger partial charge is 0.0991 e. The van der Waals surface area contributed by atoms with Gasteiger partial charge in [-0.15, -0.1) is 0 Å². The lowest BCUT2D eigenvalue weighted by molar-refractivity contribution is 1.39. The number of anilines is 1. The summed E-state index contributed by atoms with van der Waals surface area (Å²) >= 11 is 0. The van der Waals surface area contributed by atoms with Gasteiger partial charge in [-0.05, 0) is 24.1 Å². The van der Waals surface area contributed by atoms with Crippen molar-refractivity contribution in [2.75, 3.05) is 12.4 Å². The van der Waals surface area contributed by atoms with Crippen molar-refractivity contribution >= 4 is 11.3 Å². The van der Waals surface area contributed by atoms with Gasteiger partial charge in [0, 0.05) is 12.7 Å². The summed E-state index contributed by atoms with van der Waals surface area (Å²) in [5.41, 5.74) is 3.57. The molecular weight excluding hydrogens is 160 g/mol. The summed E-state index contributed by atoms with van der Waals surface area (Å²) in [7, 11) is 1.86. The van der Waals surface area contributed by atoms with E-state index in [0.717, 1.165) is 16.8 Å². The molecule has 0 aromatic heterocycles. The van der Waals surface area contributed by atoms with Crippen molar-refractivity contribution in [3.63, 3.8) is 0 Å². The molecule has 1 N–H and O–H groups in total. The third-order valence-corrected chi connectivity index (χ3v) is 1.99. The molecule has 2 nitrogen and oxygen atoms in total. The van der Waals surface area contributed by atoms with Crippen LogP contribution >= 0.6 is 0 Å². The normalized spacial score (nSPS) is 9.00. The van der Waals surface area contributed by atoms with Gasteiger partial charge in [-0.1, -0.05) is 18.7 Å². The van der Waals surface area contributed by atoms with E-state index in [2.05, 4.69) is 11.9 Å². The number of rotatable bonds is 2. The third kappa shape index (κ3) is 1.88. The second-order valence-corrected chi connectivity index (χ2v) is 2.87. The molecule has 0 aliphatic carbocycles. The van der Waals surface area contributed by atoms with Gasteiger partial charge >= 0.3 is 0 Å². The SMILES string of the molecule is C=C(C#N)c1ccc(C)c(NC)c1. The summed E-state index contributed by atoms with van der Waals surface area (Å²) in [6, 6.07) is 7.84. The summed E-state index contributed by atoms with van der Waals surface area (Å²) in [6.45, 7) is 5.68. The molecule has 0 aliphatic heterocycles. The highest BCUT2D eigenvalue weighted by Gasteiger charge is 2.00. The van der Waals surface area contributed by atoms with Crippen molar-refractivity contribution in [2.45, 2.75) is 6.92 Å². The monoisotopic (exact) mass is 172 g/mol. The van der Waals surface area contributed by atoms with Crippen LogP contribution in [-0.2, 0) is 0 Å². The van der Waals surface area contributed by atoms with Crippen molar-refractivity contribution in [3.05, 3.63) is 35.9 Å². The molecule has 2 heteroatoms. The average molecular weight is 172 g/mol. The first-order valence-electron chi connectivity index (χ1n) is 4.07. The Labute approximate surface area is 78.5 Å². The van der Waals surface area contributed by atoms with Gasteiger partial charge < -0.3 is 5.32 Å². The molecule has 1 rings (SSSR count). The maximum Gasteiger partial charge on any atom is 0.0991 e. The number of benzene rings is 1. The Hall–Kier alpha value is -1.75. The molecule has 0 atom stereocenters. The Morgan fingerprint density at radius 2 is 2.23 bits per heavy atom. The molecule has 0 saturated carbocycles. The van der Waals surface area contributed by atoms with Gasteiger partial charge in [-0.25, -0.2) is 0 Å². The molecule has 13 heavy (non-hydrogen) atoms. The molecule has 0 bridgehead atoms. The first kappa shape index (κ1) is 9.34. The topological polar surface area (TPSA) is 35.8 Å². The zero-order valence-corrected chi connectivity index (χ0v) is 7.89. The van der Waals surface area contributed by atoms with Crippen LogP contribution in [0.4, 0.5) is 5.69 Å². The standard InChI is InChI=1S/C11H12N2/c1-8-4-5-10(9(2)7-12)6-11(8)13-3/h4-6,13H,2H2,1,3H3. The Kier molecular flexibility index (Phi) is 2.71. The Bertz CT molecular complexity index is 372. The Balaban J connectivity index is 3.15. The van der Waals surface area contributed by atoms with Crippen molar-refractivity contribution < 1.29 is 0 Å². The molecule has 0 unspecified atom stereocenters. The average Bonchev–Trinajstić information content (AvgIpc) is 2.17. The number of nitrogens with zero attached hydrogens (tertiary/aromatic N) is 1. The van der Waals surface area contributed by atoms with Crippen LogP contribution in [0, 0.1) is 18.3 Å². The van der Waals surface area contributed by atoms with E-state index in [1.54, 1.807) is 0 Å². The number of nitrogens with one attached hydrogen (secondary N) is 1. The maximum atomic E-state index is 8.65. The predicted octanol–water partition coefficient (Wildman–Crippen LogP) is 2.57. The second-order valence-electron chi connectivity index (χ2n) is 2.87. The van der Waals surface area contributed by atoms with E-state index in [1.165, 1.54) is 0 Å². The molecule has 0 saturated heterocycles. The van der Waals surface area contributed by atoms with E-state index in [9.17, 15) is 0 Å². The molecule has 1 aromatic carbocycles. The van der Waals surface area contributed by atoms with Crippen LogP contribution < -0.4 is 5.32 Å². The lowest BCUT2D eigenvalue weighted by Crippen LogP contribution is -1.92. The number of allylic oxidation sites excluding steroid dienone is 1. The van der Waals surface area contributed by atoms with Crippen LogP contribution in [0.1, 0.15) is 11.1 Å². The van der Waals surface area contributed by atoms with E-state index in [0.29, 0.717) is 5.57 Å². The Morgan fingerprint density at radius 1 is 1.54 bits per heavy atom. The van der Waals surface area contributed by atoms with Crippen molar-refractivity contribution in [1.82, 2.24) is 0 Å². The fourth-order valence-electron chi connectivity index (χ4n) is 1.14. The van der Waals surface area contributed by atoms with Crippen LogP contribution in [0.2, 0.25) is 0 Å².